The average Bonchev–Trinajstić information content (AvgIpc) is 2.16. The molecule has 0 aliphatic rings. The highest BCUT2D eigenvalue weighted by Gasteiger charge is 2.55. The van der Waals surface area contributed by atoms with E-state index in [9.17, 15) is 0 Å². The maximum absolute atomic E-state index is 6.70. The Morgan fingerprint density at radius 2 is 0.958 bits per heavy atom. The van der Waals surface area contributed by atoms with E-state index in [0.29, 0.717) is 0 Å². The minimum atomic E-state index is -3.18. The summed E-state index contributed by atoms with van der Waals surface area (Å²) >= 11 is 0. The molecule has 0 fully saturated rings. The Kier molecular flexibility index (Phi) is 9.03. The monoisotopic (exact) mass is 440 g/mol. The third kappa shape index (κ3) is 12.3. The van der Waals surface area contributed by atoms with Crippen molar-refractivity contribution in [3.63, 3.8) is 0 Å². The molecule has 0 radical (unpaired) electrons. The van der Waals surface area contributed by atoms with Gasteiger partial charge in [0.25, 0.3) is 0 Å². The normalized spacial score (nSPS) is 15.5. The molecule has 0 amide bonds. The molecule has 0 aromatic heterocycles. The van der Waals surface area contributed by atoms with Gasteiger partial charge in [0.2, 0.25) is 8.32 Å². The van der Waals surface area contributed by atoms with Gasteiger partial charge in [-0.15, -0.1) is 0 Å². The predicted molar refractivity (Wildman–Crippen MR) is 122 cm³/mol. The van der Waals surface area contributed by atoms with Gasteiger partial charge in [-0.1, -0.05) is 11.8 Å². The van der Waals surface area contributed by atoms with Crippen molar-refractivity contribution in [1.82, 2.24) is 0 Å². The Hall–Kier alpha value is 0.881. The standard InChI is InChI=1S/C14H40O4Si6/c1-20(2,3)15-24(16-21(4,5)6,17-22(7,8)9)18-23(10,11)14-12-13-19/h12,14H,13H2,1-11,19H3. The van der Waals surface area contributed by atoms with Gasteiger partial charge in [-0.2, -0.15) is 0 Å². The highest BCUT2D eigenvalue weighted by atomic mass is 28.5. The van der Waals surface area contributed by atoms with Crippen molar-refractivity contribution in [3.05, 3.63) is 11.8 Å². The largest absolute Gasteiger partial charge is 0.637 e. The lowest BCUT2D eigenvalue weighted by Crippen LogP contribution is -2.65. The van der Waals surface area contributed by atoms with Gasteiger partial charge in [0.15, 0.2) is 25.0 Å². The number of allylic oxidation sites excluding steroid dienone is 1. The van der Waals surface area contributed by atoms with E-state index in [2.05, 4.69) is 83.8 Å². The Bertz CT molecular complexity index is 380. The Morgan fingerprint density at radius 3 is 1.21 bits per heavy atom. The molecule has 0 aromatic carbocycles. The van der Waals surface area contributed by atoms with Crippen molar-refractivity contribution in [3.8, 4) is 0 Å². The van der Waals surface area contributed by atoms with Crippen LogP contribution in [0.4, 0.5) is 0 Å². The molecule has 0 spiro atoms. The Balaban J connectivity index is 5.91. The molecule has 24 heavy (non-hydrogen) atoms. The molecule has 0 atom stereocenters. The van der Waals surface area contributed by atoms with Crippen molar-refractivity contribution in [2.24, 2.45) is 0 Å². The lowest BCUT2D eigenvalue weighted by atomic mass is 10.8. The van der Waals surface area contributed by atoms with Crippen LogP contribution in [0, 0.1) is 0 Å². The predicted octanol–water partition coefficient (Wildman–Crippen LogP) is 4.08. The van der Waals surface area contributed by atoms with Crippen LogP contribution in [0.1, 0.15) is 0 Å². The van der Waals surface area contributed by atoms with E-state index in [4.69, 9.17) is 16.5 Å². The summed E-state index contributed by atoms with van der Waals surface area (Å²) in [5.74, 6) is 0. The van der Waals surface area contributed by atoms with Crippen LogP contribution in [-0.2, 0) is 16.5 Å². The molecule has 0 aliphatic carbocycles. The fourth-order valence-electron chi connectivity index (χ4n) is 2.01. The summed E-state index contributed by atoms with van der Waals surface area (Å²) in [5.41, 5.74) is 2.26. The van der Waals surface area contributed by atoms with Crippen molar-refractivity contribution in [2.45, 2.75) is 78.1 Å². The zero-order chi connectivity index (χ0) is 19.4. The fourth-order valence-corrected chi connectivity index (χ4v) is 18.6. The first-order chi connectivity index (χ1) is 10.4. The fraction of sp³-hybridized carbons (Fsp3) is 0.857. The van der Waals surface area contributed by atoms with Gasteiger partial charge in [-0.05, 0) is 78.1 Å². The zero-order valence-electron chi connectivity index (χ0n) is 18.0. The van der Waals surface area contributed by atoms with Crippen LogP contribution in [0.5, 0.6) is 0 Å². The highest BCUT2D eigenvalue weighted by Crippen LogP contribution is 2.29. The first-order valence-electron chi connectivity index (χ1n) is 8.87. The van der Waals surface area contributed by atoms with E-state index < -0.39 is 42.3 Å². The average molecular weight is 441 g/mol. The molecule has 0 unspecified atom stereocenters. The molecule has 0 bridgehead atoms. The van der Waals surface area contributed by atoms with E-state index in [1.165, 1.54) is 10.2 Å². The van der Waals surface area contributed by atoms with E-state index in [1.807, 2.05) is 0 Å². The first-order valence-corrected chi connectivity index (χ1v) is 25.1. The summed E-state index contributed by atoms with van der Waals surface area (Å²) in [7, 11) is -9.73. The van der Waals surface area contributed by atoms with Crippen molar-refractivity contribution in [2.75, 3.05) is 0 Å². The summed E-state index contributed by atoms with van der Waals surface area (Å²) in [6, 6.07) is 1.15. The minimum Gasteiger partial charge on any atom is -0.396 e. The van der Waals surface area contributed by atoms with E-state index >= 15 is 0 Å². The quantitative estimate of drug-likeness (QED) is 0.480. The van der Waals surface area contributed by atoms with Crippen molar-refractivity contribution in [1.29, 1.82) is 0 Å². The summed E-state index contributed by atoms with van der Waals surface area (Å²) in [6.07, 6.45) is 2.25. The number of hydrogen-bond acceptors (Lipinski definition) is 4. The van der Waals surface area contributed by atoms with Crippen LogP contribution in [0.3, 0.4) is 0 Å². The maximum atomic E-state index is 6.70. The van der Waals surface area contributed by atoms with E-state index in [1.54, 1.807) is 0 Å². The molecule has 0 rings (SSSR count). The van der Waals surface area contributed by atoms with Gasteiger partial charge in [-0.25, -0.2) is 0 Å². The molecule has 0 N–H and O–H groups in total. The third-order valence-corrected chi connectivity index (χ3v) is 17.4. The van der Waals surface area contributed by atoms with Crippen LogP contribution in [0.2, 0.25) is 78.1 Å². The molecule has 10 heteroatoms. The van der Waals surface area contributed by atoms with Gasteiger partial charge < -0.3 is 16.5 Å². The zero-order valence-corrected chi connectivity index (χ0v) is 25.0. The van der Waals surface area contributed by atoms with Gasteiger partial charge in [-0.3, -0.25) is 0 Å². The molecule has 0 aromatic rings. The second-order valence-corrected chi connectivity index (χ2v) is 31.0. The topological polar surface area (TPSA) is 36.9 Å². The minimum absolute atomic E-state index is 1.15. The molecular formula is C14H40O4Si6. The lowest BCUT2D eigenvalue weighted by Gasteiger charge is -2.43. The van der Waals surface area contributed by atoms with Crippen LogP contribution in [0.15, 0.2) is 11.8 Å². The van der Waals surface area contributed by atoms with Crippen molar-refractivity contribution < 1.29 is 16.5 Å². The van der Waals surface area contributed by atoms with E-state index in [0.717, 1.165) is 6.04 Å². The van der Waals surface area contributed by atoms with Crippen LogP contribution in [0.25, 0.3) is 0 Å². The van der Waals surface area contributed by atoms with E-state index in [-0.39, 0.29) is 0 Å². The Labute approximate surface area is 158 Å². The van der Waals surface area contributed by atoms with Gasteiger partial charge in [0.05, 0.1) is 0 Å². The van der Waals surface area contributed by atoms with Gasteiger partial charge in [0, 0.05) is 10.2 Å². The summed E-state index contributed by atoms with van der Waals surface area (Å²) in [6.45, 7) is 24.0. The molecule has 144 valence electrons. The van der Waals surface area contributed by atoms with Crippen molar-refractivity contribution >= 4 is 52.6 Å². The Morgan fingerprint density at radius 1 is 0.625 bits per heavy atom. The van der Waals surface area contributed by atoms with Gasteiger partial charge >= 0.3 is 9.05 Å². The summed E-state index contributed by atoms with van der Waals surface area (Å²) < 4.78 is 26.4. The summed E-state index contributed by atoms with van der Waals surface area (Å²) in [5, 5.41) is 0. The smallest absolute Gasteiger partial charge is 0.396 e. The molecule has 0 heterocycles. The maximum Gasteiger partial charge on any atom is 0.637 e. The molecule has 0 saturated heterocycles. The number of rotatable bonds is 10. The molecule has 4 nitrogen and oxygen atoms in total. The van der Waals surface area contributed by atoms with Crippen LogP contribution >= 0.6 is 0 Å². The first kappa shape index (κ1) is 24.9. The second-order valence-electron chi connectivity index (χ2n) is 9.66. The van der Waals surface area contributed by atoms with Gasteiger partial charge in [0.1, 0.15) is 0 Å². The summed E-state index contributed by atoms with van der Waals surface area (Å²) in [4.78, 5) is 0. The van der Waals surface area contributed by atoms with Crippen LogP contribution < -0.4 is 0 Å². The van der Waals surface area contributed by atoms with Crippen LogP contribution in [-0.4, -0.2) is 52.6 Å². The molecular weight excluding hydrogens is 401 g/mol. The molecule has 0 aliphatic heterocycles. The lowest BCUT2D eigenvalue weighted by molar-refractivity contribution is 0.150. The number of hydrogen-bond donors (Lipinski definition) is 0. The molecule has 0 saturated carbocycles. The second kappa shape index (κ2) is 8.71. The third-order valence-electron chi connectivity index (χ3n) is 2.44. The highest BCUT2D eigenvalue weighted by molar-refractivity contribution is 6.92. The SMILES string of the molecule is C[Si](C)(C)O[Si](O[Si](C)(C)C)(O[Si](C)(C)C)O[Si](C)(C)C=CC[SiH3].